The predicted octanol–water partition coefficient (Wildman–Crippen LogP) is 5.18. The van der Waals surface area contributed by atoms with Crippen LogP contribution in [0.15, 0.2) is 76.4 Å². The molecule has 272 valence electrons. The van der Waals surface area contributed by atoms with Crippen molar-refractivity contribution in [3.05, 3.63) is 105 Å². The van der Waals surface area contributed by atoms with Crippen molar-refractivity contribution in [2.45, 2.75) is 32.7 Å². The van der Waals surface area contributed by atoms with E-state index in [9.17, 15) is 18.8 Å². The average Bonchev–Trinajstić information content (AvgIpc) is 3.15. The highest BCUT2D eigenvalue weighted by Crippen LogP contribution is 2.38. The van der Waals surface area contributed by atoms with Crippen molar-refractivity contribution in [1.29, 1.82) is 0 Å². The number of para-hydroxylation sites is 1. The minimum absolute atomic E-state index is 0.00883. The first-order valence-corrected chi connectivity index (χ1v) is 16.9. The van der Waals surface area contributed by atoms with Crippen LogP contribution in [-0.4, -0.2) is 76.7 Å². The predicted molar refractivity (Wildman–Crippen MR) is 189 cm³/mol. The Morgan fingerprint density at radius 3 is 2.48 bits per heavy atom. The van der Waals surface area contributed by atoms with Gasteiger partial charge in [0.05, 0.1) is 32.4 Å². The van der Waals surface area contributed by atoms with E-state index in [4.69, 9.17) is 18.9 Å². The molecule has 5 aromatic rings. The third-order valence-electron chi connectivity index (χ3n) is 8.47. The molecule has 0 bridgehead atoms. The van der Waals surface area contributed by atoms with Crippen molar-refractivity contribution in [1.82, 2.24) is 24.2 Å². The summed E-state index contributed by atoms with van der Waals surface area (Å²) >= 11 is 0. The molecule has 0 spiro atoms. The van der Waals surface area contributed by atoms with Gasteiger partial charge < -0.3 is 24.3 Å². The van der Waals surface area contributed by atoms with Crippen LogP contribution in [-0.2, 0) is 11.3 Å². The van der Waals surface area contributed by atoms with E-state index in [2.05, 4.69) is 20.3 Å². The number of fused-ring (bicyclic) bond motifs is 1. The topological polar surface area (TPSA) is 139 Å². The summed E-state index contributed by atoms with van der Waals surface area (Å²) in [5.74, 6) is -1.48. The summed E-state index contributed by atoms with van der Waals surface area (Å²) < 4.78 is 54.7. The van der Waals surface area contributed by atoms with Gasteiger partial charge in [-0.3, -0.25) is 24.0 Å². The number of carbonyl (C=O) groups is 1. The molecule has 0 radical (unpaired) electrons. The summed E-state index contributed by atoms with van der Waals surface area (Å²) in [7, 11) is 1.54. The van der Waals surface area contributed by atoms with Gasteiger partial charge in [0.25, 0.3) is 11.5 Å². The number of amides is 1. The normalized spacial score (nSPS) is 13.2. The van der Waals surface area contributed by atoms with Crippen molar-refractivity contribution < 1.29 is 32.5 Å². The third-order valence-corrected chi connectivity index (χ3v) is 8.47. The van der Waals surface area contributed by atoms with E-state index >= 15 is 4.39 Å². The highest BCUT2D eigenvalue weighted by Gasteiger charge is 2.22. The molecule has 2 aromatic heterocycles. The minimum atomic E-state index is -1.01. The Balaban J connectivity index is 1.21. The summed E-state index contributed by atoms with van der Waals surface area (Å²) in [6, 6.07) is 14.1. The number of pyridine rings is 1. The lowest BCUT2D eigenvalue weighted by Crippen LogP contribution is -2.45. The van der Waals surface area contributed by atoms with Crippen molar-refractivity contribution in [2.24, 2.45) is 0 Å². The molecule has 1 aliphatic rings. The Hall–Kier alpha value is -5.67. The van der Waals surface area contributed by atoms with E-state index < -0.39 is 34.5 Å². The van der Waals surface area contributed by atoms with Gasteiger partial charge in [-0.25, -0.2) is 13.6 Å². The molecule has 1 amide bonds. The zero-order valence-corrected chi connectivity index (χ0v) is 28.8. The van der Waals surface area contributed by atoms with Crippen molar-refractivity contribution in [3.63, 3.8) is 0 Å². The molecule has 0 saturated carbocycles. The maximum Gasteiger partial charge on any atom is 0.352 e. The summed E-state index contributed by atoms with van der Waals surface area (Å²) in [6.07, 6.45) is 3.42. The number of anilines is 1. The molecule has 6 rings (SSSR count). The largest absolute Gasteiger partial charge is 0.493 e. The summed E-state index contributed by atoms with van der Waals surface area (Å²) in [5, 5.41) is 6.93. The lowest BCUT2D eigenvalue weighted by Gasteiger charge is -2.26. The Bertz CT molecular complexity index is 2190. The number of aromatic nitrogens is 4. The number of hydrogen-bond donors (Lipinski definition) is 1. The van der Waals surface area contributed by atoms with E-state index in [1.807, 2.05) is 6.92 Å². The molecule has 13 nitrogen and oxygen atoms in total. The van der Waals surface area contributed by atoms with Crippen LogP contribution in [0.2, 0.25) is 0 Å². The van der Waals surface area contributed by atoms with Gasteiger partial charge in [0.15, 0.2) is 23.1 Å². The number of rotatable bonds is 14. The first-order valence-electron chi connectivity index (χ1n) is 16.9. The zero-order valence-electron chi connectivity index (χ0n) is 28.8. The Morgan fingerprint density at radius 2 is 1.73 bits per heavy atom. The van der Waals surface area contributed by atoms with Gasteiger partial charge in [-0.1, -0.05) is 25.5 Å². The summed E-state index contributed by atoms with van der Waals surface area (Å²) in [6.45, 7) is 6.41. The minimum Gasteiger partial charge on any atom is -0.493 e. The molecule has 0 aliphatic carbocycles. The number of nitrogens with zero attached hydrogens (tertiary/aromatic N) is 5. The Kier molecular flexibility index (Phi) is 11.5. The Morgan fingerprint density at radius 1 is 0.923 bits per heavy atom. The molecule has 15 heteroatoms. The second-order valence-corrected chi connectivity index (χ2v) is 12.0. The van der Waals surface area contributed by atoms with Crippen molar-refractivity contribution >= 4 is 22.5 Å². The molecule has 0 atom stereocenters. The van der Waals surface area contributed by atoms with Crippen LogP contribution in [0.4, 0.5) is 14.5 Å². The van der Waals surface area contributed by atoms with Gasteiger partial charge in [0, 0.05) is 55.6 Å². The number of halogens is 2. The molecular weight excluding hydrogens is 678 g/mol. The maximum atomic E-state index is 15.5. The fraction of sp³-hybridized carbons (Fsp3) is 0.324. The lowest BCUT2D eigenvalue weighted by atomic mass is 10.1. The standard InChI is InChI=1S/C37H38F2N6O7/c1-3-4-15-44-36(47)34(42-45(37(44)48)29-9-6-5-8-26(29)38)35(46)41-24-10-11-31(27(39)21-24)52-30-12-13-40-28-23-32(49-2)33(22-25(28)30)51-18-7-14-43-16-19-50-20-17-43/h5-6,8-13,21-23H,3-4,7,14-20H2,1-2H3,(H,41,46). The van der Waals surface area contributed by atoms with Crippen LogP contribution >= 0.6 is 0 Å². The molecule has 3 aromatic carbocycles. The lowest BCUT2D eigenvalue weighted by molar-refractivity contribution is 0.0357. The van der Waals surface area contributed by atoms with E-state index in [1.165, 1.54) is 43.6 Å². The molecule has 1 aliphatic heterocycles. The fourth-order valence-corrected chi connectivity index (χ4v) is 5.71. The quantitative estimate of drug-likeness (QED) is 0.153. The number of morpholine rings is 1. The monoisotopic (exact) mass is 716 g/mol. The number of benzene rings is 3. The van der Waals surface area contributed by atoms with Gasteiger partial charge in [-0.2, -0.15) is 9.78 Å². The maximum absolute atomic E-state index is 15.5. The number of hydrogen-bond acceptors (Lipinski definition) is 10. The highest BCUT2D eigenvalue weighted by molar-refractivity contribution is 6.02. The zero-order chi connectivity index (χ0) is 36.6. The van der Waals surface area contributed by atoms with Crippen molar-refractivity contribution in [3.8, 4) is 28.7 Å². The second-order valence-electron chi connectivity index (χ2n) is 12.0. The van der Waals surface area contributed by atoms with Crippen LogP contribution < -0.4 is 30.8 Å². The van der Waals surface area contributed by atoms with Gasteiger partial charge in [0.2, 0.25) is 5.69 Å². The Labute approximate surface area is 297 Å². The van der Waals surface area contributed by atoms with Gasteiger partial charge in [-0.15, -0.1) is 0 Å². The number of unbranched alkanes of at least 4 members (excludes halogenated alkanes) is 1. The van der Waals surface area contributed by atoms with Crippen LogP contribution in [0, 0.1) is 11.6 Å². The molecule has 52 heavy (non-hydrogen) atoms. The van der Waals surface area contributed by atoms with Crippen molar-refractivity contribution in [2.75, 3.05) is 51.9 Å². The molecule has 0 unspecified atom stereocenters. The van der Waals surface area contributed by atoms with E-state index in [0.717, 1.165) is 56.0 Å². The molecule has 1 fully saturated rings. The highest BCUT2D eigenvalue weighted by atomic mass is 19.1. The van der Waals surface area contributed by atoms with E-state index in [1.54, 1.807) is 18.2 Å². The SMILES string of the molecule is CCCCn1c(=O)c(C(=O)Nc2ccc(Oc3ccnc4cc(OC)c(OCCCN5CCOCC5)cc34)c(F)c2)nn(-c2ccccc2F)c1=O. The number of ether oxygens (including phenoxy) is 4. The first kappa shape index (κ1) is 36.1. The third kappa shape index (κ3) is 8.11. The van der Waals surface area contributed by atoms with Crippen LogP contribution in [0.25, 0.3) is 16.6 Å². The summed E-state index contributed by atoms with van der Waals surface area (Å²) in [4.78, 5) is 46.5. The van der Waals surface area contributed by atoms with E-state index in [0.29, 0.717) is 52.3 Å². The molecular formula is C37H38F2N6O7. The number of carbonyl (C=O) groups excluding carboxylic acids is 1. The van der Waals surface area contributed by atoms with E-state index in [-0.39, 0.29) is 23.7 Å². The number of methoxy groups -OCH3 is 1. The van der Waals surface area contributed by atoms with Gasteiger partial charge in [-0.05, 0) is 49.2 Å². The summed E-state index contributed by atoms with van der Waals surface area (Å²) in [5.41, 5.74) is -2.23. The second kappa shape index (κ2) is 16.6. The number of nitrogens with one attached hydrogen (secondary N) is 1. The smallest absolute Gasteiger partial charge is 0.352 e. The molecule has 1 N–H and O–H groups in total. The van der Waals surface area contributed by atoms with Gasteiger partial charge >= 0.3 is 5.69 Å². The van der Waals surface area contributed by atoms with Crippen LogP contribution in [0.5, 0.6) is 23.0 Å². The van der Waals surface area contributed by atoms with Gasteiger partial charge in [0.1, 0.15) is 17.3 Å². The molecule has 1 saturated heterocycles. The molecule has 3 heterocycles. The first-order chi connectivity index (χ1) is 25.3. The van der Waals surface area contributed by atoms with Crippen LogP contribution in [0.1, 0.15) is 36.7 Å². The fourth-order valence-electron chi connectivity index (χ4n) is 5.71. The average molecular weight is 717 g/mol. The van der Waals surface area contributed by atoms with Crippen LogP contribution in [0.3, 0.4) is 0 Å².